The summed E-state index contributed by atoms with van der Waals surface area (Å²) >= 11 is 0. The third kappa shape index (κ3) is 2.21. The number of rotatable bonds is 3. The molecule has 0 fully saturated rings. The Labute approximate surface area is 94.1 Å². The fourth-order valence-electron chi connectivity index (χ4n) is 1.92. The molecule has 1 atom stereocenters. The van der Waals surface area contributed by atoms with Gasteiger partial charge in [-0.05, 0) is 49.6 Å². The Kier molecular flexibility index (Phi) is 3.32. The van der Waals surface area contributed by atoms with Crippen molar-refractivity contribution in [2.45, 2.75) is 26.7 Å². The largest absolute Gasteiger partial charge is 0.481 e. The highest BCUT2D eigenvalue weighted by Crippen LogP contribution is 2.25. The maximum absolute atomic E-state index is 11.0. The van der Waals surface area contributed by atoms with Gasteiger partial charge >= 0.3 is 5.97 Å². The van der Waals surface area contributed by atoms with Gasteiger partial charge in [-0.25, -0.2) is 0 Å². The molecule has 0 heterocycles. The molecule has 16 heavy (non-hydrogen) atoms. The first-order valence-electron chi connectivity index (χ1n) is 4.98. The zero-order valence-corrected chi connectivity index (χ0v) is 9.57. The van der Waals surface area contributed by atoms with Crippen molar-refractivity contribution >= 4 is 11.9 Å². The molecule has 0 radical (unpaired) electrons. The molecule has 0 aliphatic carbocycles. The number of aryl methyl sites for hydroxylation is 2. The lowest BCUT2D eigenvalue weighted by atomic mass is 9.90. The molecule has 3 N–H and O–H groups in total. The van der Waals surface area contributed by atoms with Crippen LogP contribution in [0.3, 0.4) is 0 Å². The summed E-state index contributed by atoms with van der Waals surface area (Å²) in [4.78, 5) is 22.0. The summed E-state index contributed by atoms with van der Waals surface area (Å²) < 4.78 is 0. The lowest BCUT2D eigenvalue weighted by molar-refractivity contribution is -0.138. The Morgan fingerprint density at radius 2 is 1.69 bits per heavy atom. The van der Waals surface area contributed by atoms with E-state index in [1.54, 1.807) is 32.9 Å². The summed E-state index contributed by atoms with van der Waals surface area (Å²) in [5.41, 5.74) is 7.91. The Hall–Kier alpha value is -1.84. The number of nitrogens with two attached hydrogens (primary N) is 1. The van der Waals surface area contributed by atoms with Gasteiger partial charge in [0.1, 0.15) is 0 Å². The molecule has 0 aliphatic heterocycles. The van der Waals surface area contributed by atoms with Gasteiger partial charge in [0.25, 0.3) is 0 Å². The minimum absolute atomic E-state index is 0.413. The van der Waals surface area contributed by atoms with Gasteiger partial charge in [-0.1, -0.05) is 0 Å². The molecule has 0 saturated carbocycles. The van der Waals surface area contributed by atoms with Crippen molar-refractivity contribution in [1.82, 2.24) is 0 Å². The van der Waals surface area contributed by atoms with Crippen molar-refractivity contribution < 1.29 is 14.7 Å². The van der Waals surface area contributed by atoms with Crippen molar-refractivity contribution in [3.05, 3.63) is 34.4 Å². The molecule has 0 spiro atoms. The minimum atomic E-state index is -0.877. The zero-order chi connectivity index (χ0) is 12.5. The topological polar surface area (TPSA) is 80.4 Å². The van der Waals surface area contributed by atoms with Gasteiger partial charge < -0.3 is 10.8 Å². The van der Waals surface area contributed by atoms with Gasteiger partial charge in [0, 0.05) is 5.56 Å². The molecule has 1 aromatic carbocycles. The van der Waals surface area contributed by atoms with Crippen LogP contribution in [0.15, 0.2) is 12.1 Å². The highest BCUT2D eigenvalue weighted by atomic mass is 16.4. The number of hydrogen-bond acceptors (Lipinski definition) is 2. The number of primary amides is 1. The van der Waals surface area contributed by atoms with Gasteiger partial charge in [0.2, 0.25) is 5.91 Å². The molecule has 4 heteroatoms. The SMILES string of the molecule is Cc1cc(C(N)=O)cc(C)c1C(C)C(=O)O. The Morgan fingerprint density at radius 1 is 1.25 bits per heavy atom. The second-order valence-electron chi connectivity index (χ2n) is 3.95. The van der Waals surface area contributed by atoms with Crippen LogP contribution in [0.1, 0.15) is 39.9 Å². The summed E-state index contributed by atoms with van der Waals surface area (Å²) in [6.45, 7) is 5.20. The van der Waals surface area contributed by atoms with Crippen LogP contribution in [0.2, 0.25) is 0 Å². The van der Waals surface area contributed by atoms with Crippen LogP contribution in [0, 0.1) is 13.8 Å². The fourth-order valence-corrected chi connectivity index (χ4v) is 1.92. The number of carboxylic acids is 1. The molecule has 4 nitrogen and oxygen atoms in total. The van der Waals surface area contributed by atoms with E-state index in [0.29, 0.717) is 5.56 Å². The van der Waals surface area contributed by atoms with E-state index in [1.165, 1.54) is 0 Å². The van der Waals surface area contributed by atoms with Crippen LogP contribution >= 0.6 is 0 Å². The predicted molar refractivity (Wildman–Crippen MR) is 60.5 cm³/mol. The van der Waals surface area contributed by atoms with Gasteiger partial charge in [-0.15, -0.1) is 0 Å². The molecule has 0 saturated heterocycles. The maximum atomic E-state index is 11.0. The average molecular weight is 221 g/mol. The summed E-state index contributed by atoms with van der Waals surface area (Å²) in [6, 6.07) is 3.26. The third-order valence-electron chi connectivity index (χ3n) is 2.68. The van der Waals surface area contributed by atoms with Crippen molar-refractivity contribution in [2.24, 2.45) is 5.73 Å². The van der Waals surface area contributed by atoms with E-state index in [9.17, 15) is 9.59 Å². The van der Waals surface area contributed by atoms with Crippen LogP contribution in [0.5, 0.6) is 0 Å². The van der Waals surface area contributed by atoms with Crippen molar-refractivity contribution in [1.29, 1.82) is 0 Å². The molecule has 0 bridgehead atoms. The second-order valence-corrected chi connectivity index (χ2v) is 3.95. The molecular formula is C12H15NO3. The van der Waals surface area contributed by atoms with Crippen molar-refractivity contribution in [3.63, 3.8) is 0 Å². The Morgan fingerprint density at radius 3 is 2.00 bits per heavy atom. The van der Waals surface area contributed by atoms with E-state index in [4.69, 9.17) is 10.8 Å². The summed E-state index contributed by atoms with van der Waals surface area (Å²) in [7, 11) is 0. The number of amides is 1. The number of carboxylic acid groups (broad SMARTS) is 1. The van der Waals surface area contributed by atoms with Gasteiger partial charge in [-0.3, -0.25) is 9.59 Å². The minimum Gasteiger partial charge on any atom is -0.481 e. The van der Waals surface area contributed by atoms with E-state index in [-0.39, 0.29) is 0 Å². The predicted octanol–water partition coefficient (Wildman–Crippen LogP) is 1.59. The Balaban J connectivity index is 3.33. The summed E-state index contributed by atoms with van der Waals surface area (Å²) in [6.07, 6.45) is 0. The first-order chi connectivity index (χ1) is 7.34. The zero-order valence-electron chi connectivity index (χ0n) is 9.57. The molecule has 0 aliphatic rings. The maximum Gasteiger partial charge on any atom is 0.310 e. The van der Waals surface area contributed by atoms with Gasteiger partial charge in [0.15, 0.2) is 0 Å². The third-order valence-corrected chi connectivity index (χ3v) is 2.68. The first-order valence-corrected chi connectivity index (χ1v) is 4.98. The number of hydrogen-bond donors (Lipinski definition) is 2. The van der Waals surface area contributed by atoms with Crippen LogP contribution in [-0.4, -0.2) is 17.0 Å². The fraction of sp³-hybridized carbons (Fsp3) is 0.333. The van der Waals surface area contributed by atoms with E-state index < -0.39 is 17.8 Å². The monoisotopic (exact) mass is 221 g/mol. The molecule has 1 aromatic rings. The van der Waals surface area contributed by atoms with Crippen LogP contribution in [0.25, 0.3) is 0 Å². The van der Waals surface area contributed by atoms with E-state index in [0.717, 1.165) is 16.7 Å². The highest BCUT2D eigenvalue weighted by molar-refractivity contribution is 5.93. The quantitative estimate of drug-likeness (QED) is 0.813. The van der Waals surface area contributed by atoms with Crippen LogP contribution in [0.4, 0.5) is 0 Å². The molecule has 1 unspecified atom stereocenters. The highest BCUT2D eigenvalue weighted by Gasteiger charge is 2.19. The van der Waals surface area contributed by atoms with Crippen molar-refractivity contribution in [2.75, 3.05) is 0 Å². The molecule has 0 aromatic heterocycles. The molecule has 86 valence electrons. The summed E-state index contributed by atoms with van der Waals surface area (Å²) in [5.74, 6) is -1.96. The number of aliphatic carboxylic acids is 1. The van der Waals surface area contributed by atoms with E-state index >= 15 is 0 Å². The normalized spacial score (nSPS) is 12.2. The molecular weight excluding hydrogens is 206 g/mol. The first kappa shape index (κ1) is 12.2. The van der Waals surface area contributed by atoms with Gasteiger partial charge in [0.05, 0.1) is 5.92 Å². The summed E-state index contributed by atoms with van der Waals surface area (Å²) in [5, 5.41) is 8.97. The van der Waals surface area contributed by atoms with E-state index in [1.807, 2.05) is 0 Å². The van der Waals surface area contributed by atoms with Crippen molar-refractivity contribution in [3.8, 4) is 0 Å². The number of carbonyl (C=O) groups is 2. The lowest BCUT2D eigenvalue weighted by Gasteiger charge is -2.14. The van der Waals surface area contributed by atoms with Crippen LogP contribution < -0.4 is 5.73 Å². The molecule has 1 amide bonds. The average Bonchev–Trinajstić information content (AvgIpc) is 2.15. The number of carbonyl (C=O) groups excluding carboxylic acids is 1. The van der Waals surface area contributed by atoms with Gasteiger partial charge in [-0.2, -0.15) is 0 Å². The lowest BCUT2D eigenvalue weighted by Crippen LogP contribution is -2.15. The van der Waals surface area contributed by atoms with Crippen LogP contribution in [-0.2, 0) is 4.79 Å². The standard InChI is InChI=1S/C12H15NO3/c1-6-4-9(11(13)14)5-7(2)10(6)8(3)12(15)16/h4-5,8H,1-3H3,(H2,13,14)(H,15,16). The number of benzene rings is 1. The molecule has 1 rings (SSSR count). The Bertz CT molecular complexity index is 429. The van der Waals surface area contributed by atoms with E-state index in [2.05, 4.69) is 0 Å². The second kappa shape index (κ2) is 4.35. The smallest absolute Gasteiger partial charge is 0.310 e.